The Morgan fingerprint density at radius 2 is 2.10 bits per heavy atom. The average Bonchev–Trinajstić information content (AvgIpc) is 2.77. The number of aromatic nitrogens is 2. The van der Waals surface area contributed by atoms with Crippen LogP contribution < -0.4 is 10.1 Å². The first-order chi connectivity index (χ1) is 10.1. The molecule has 0 bridgehead atoms. The molecule has 1 heterocycles. The van der Waals surface area contributed by atoms with Crippen LogP contribution in [0.4, 0.5) is 0 Å². The summed E-state index contributed by atoms with van der Waals surface area (Å²) in [5.74, 6) is 2.32. The van der Waals surface area contributed by atoms with Crippen molar-refractivity contribution in [3.05, 3.63) is 47.0 Å². The highest BCUT2D eigenvalue weighted by Gasteiger charge is 2.07. The van der Waals surface area contributed by atoms with E-state index < -0.39 is 0 Å². The van der Waals surface area contributed by atoms with Crippen LogP contribution in [0.15, 0.2) is 30.5 Å². The molecule has 0 aliphatic rings. The molecule has 5 heteroatoms. The van der Waals surface area contributed by atoms with Gasteiger partial charge in [-0.05, 0) is 18.5 Å². The van der Waals surface area contributed by atoms with Crippen molar-refractivity contribution in [3.8, 4) is 5.75 Å². The molecule has 2 aromatic rings. The zero-order valence-electron chi connectivity index (χ0n) is 12.8. The number of ether oxygens (including phenoxy) is 1. The van der Waals surface area contributed by atoms with Crippen molar-refractivity contribution in [2.75, 3.05) is 6.54 Å². The largest absolute Gasteiger partial charge is 0.485 e. The predicted octanol–water partition coefficient (Wildman–Crippen LogP) is 3.40. The quantitative estimate of drug-likeness (QED) is 0.852. The third kappa shape index (κ3) is 4.48. The molecule has 0 aliphatic heterocycles. The van der Waals surface area contributed by atoms with Gasteiger partial charge in [-0.3, -0.25) is 0 Å². The van der Waals surface area contributed by atoms with E-state index >= 15 is 0 Å². The van der Waals surface area contributed by atoms with Crippen LogP contribution in [0.5, 0.6) is 5.75 Å². The van der Waals surface area contributed by atoms with Gasteiger partial charge in [0.25, 0.3) is 0 Å². The van der Waals surface area contributed by atoms with E-state index in [9.17, 15) is 0 Å². The Morgan fingerprint density at radius 1 is 1.33 bits per heavy atom. The molecule has 0 spiro atoms. The molecule has 0 fully saturated rings. The molecule has 1 aromatic heterocycles. The summed E-state index contributed by atoms with van der Waals surface area (Å²) in [7, 11) is 1.88. The first kappa shape index (κ1) is 15.9. The zero-order chi connectivity index (χ0) is 15.2. The Bertz CT molecular complexity index is 581. The van der Waals surface area contributed by atoms with Crippen molar-refractivity contribution in [2.45, 2.75) is 27.0 Å². The van der Waals surface area contributed by atoms with Gasteiger partial charge in [-0.15, -0.1) is 0 Å². The van der Waals surface area contributed by atoms with Gasteiger partial charge in [0.05, 0.1) is 6.20 Å². The van der Waals surface area contributed by atoms with E-state index in [4.69, 9.17) is 16.3 Å². The zero-order valence-corrected chi connectivity index (χ0v) is 13.5. The normalized spacial score (nSPS) is 11.1. The number of nitrogens with zero attached hydrogens (tertiary/aromatic N) is 2. The van der Waals surface area contributed by atoms with Gasteiger partial charge in [0, 0.05) is 19.2 Å². The van der Waals surface area contributed by atoms with Crippen LogP contribution in [0.25, 0.3) is 0 Å². The van der Waals surface area contributed by atoms with Crippen LogP contribution >= 0.6 is 11.6 Å². The van der Waals surface area contributed by atoms with E-state index in [0.29, 0.717) is 17.7 Å². The molecule has 0 saturated heterocycles. The molecule has 4 nitrogen and oxygen atoms in total. The van der Waals surface area contributed by atoms with Crippen LogP contribution in [-0.4, -0.2) is 16.1 Å². The molecule has 1 aromatic carbocycles. The summed E-state index contributed by atoms with van der Waals surface area (Å²) < 4.78 is 7.71. The highest BCUT2D eigenvalue weighted by Crippen LogP contribution is 2.19. The molecular formula is C16H22ClN3O. The van der Waals surface area contributed by atoms with Crippen LogP contribution in [0.3, 0.4) is 0 Å². The summed E-state index contributed by atoms with van der Waals surface area (Å²) in [6, 6.07) is 8.06. The number of benzene rings is 1. The van der Waals surface area contributed by atoms with Crippen LogP contribution in [0.1, 0.15) is 25.2 Å². The third-order valence-electron chi connectivity index (χ3n) is 3.23. The molecule has 114 valence electrons. The van der Waals surface area contributed by atoms with E-state index in [1.54, 1.807) is 6.20 Å². The molecule has 0 radical (unpaired) electrons. The van der Waals surface area contributed by atoms with E-state index in [1.165, 1.54) is 0 Å². The maximum Gasteiger partial charge on any atom is 0.147 e. The fourth-order valence-electron chi connectivity index (χ4n) is 1.99. The van der Waals surface area contributed by atoms with Gasteiger partial charge in [-0.2, -0.15) is 0 Å². The van der Waals surface area contributed by atoms with E-state index in [0.717, 1.165) is 30.2 Å². The molecular weight excluding hydrogens is 286 g/mol. The molecule has 0 aliphatic carbocycles. The molecule has 0 unspecified atom stereocenters. The maximum absolute atomic E-state index is 5.98. The Balaban J connectivity index is 1.98. The average molecular weight is 308 g/mol. The van der Waals surface area contributed by atoms with Crippen molar-refractivity contribution < 1.29 is 4.74 Å². The third-order valence-corrected chi connectivity index (χ3v) is 3.58. The summed E-state index contributed by atoms with van der Waals surface area (Å²) in [6.07, 6.45) is 1.64. The number of halogens is 1. The summed E-state index contributed by atoms with van der Waals surface area (Å²) in [5, 5.41) is 4.04. The first-order valence-corrected chi connectivity index (χ1v) is 7.53. The fourth-order valence-corrected chi connectivity index (χ4v) is 2.13. The van der Waals surface area contributed by atoms with Gasteiger partial charge in [0.1, 0.15) is 23.3 Å². The van der Waals surface area contributed by atoms with Gasteiger partial charge >= 0.3 is 0 Å². The Morgan fingerprint density at radius 3 is 2.76 bits per heavy atom. The van der Waals surface area contributed by atoms with Crippen LogP contribution in [0, 0.1) is 5.92 Å². The van der Waals surface area contributed by atoms with Crippen molar-refractivity contribution in [3.63, 3.8) is 0 Å². The van der Waals surface area contributed by atoms with E-state index in [2.05, 4.69) is 30.2 Å². The Kier molecular flexibility index (Phi) is 5.65. The van der Waals surface area contributed by atoms with Crippen molar-refractivity contribution >= 4 is 11.6 Å². The monoisotopic (exact) mass is 307 g/mol. The van der Waals surface area contributed by atoms with E-state index in [-0.39, 0.29) is 0 Å². The second kappa shape index (κ2) is 7.48. The summed E-state index contributed by atoms with van der Waals surface area (Å²) in [6.45, 7) is 6.59. The van der Waals surface area contributed by atoms with Gasteiger partial charge in [-0.25, -0.2) is 4.98 Å². The highest BCUT2D eigenvalue weighted by atomic mass is 35.5. The van der Waals surface area contributed by atoms with Crippen molar-refractivity contribution in [1.29, 1.82) is 0 Å². The number of imidazole rings is 1. The number of hydrogen-bond donors (Lipinski definition) is 1. The molecule has 0 saturated carbocycles. The number of hydrogen-bond acceptors (Lipinski definition) is 3. The second-order valence-corrected chi connectivity index (χ2v) is 5.86. The molecule has 2 rings (SSSR count). The molecule has 21 heavy (non-hydrogen) atoms. The highest BCUT2D eigenvalue weighted by molar-refractivity contribution is 6.29. The lowest BCUT2D eigenvalue weighted by molar-refractivity contribution is 0.288. The predicted molar refractivity (Wildman–Crippen MR) is 85.5 cm³/mol. The SMILES string of the molecule is CC(C)CNCc1ccccc1OCc1ncc(Cl)n1C. The summed E-state index contributed by atoms with van der Waals surface area (Å²) in [5.41, 5.74) is 1.15. The number of nitrogens with one attached hydrogen (secondary N) is 1. The maximum atomic E-state index is 5.98. The van der Waals surface area contributed by atoms with Crippen molar-refractivity contribution in [1.82, 2.24) is 14.9 Å². The minimum Gasteiger partial charge on any atom is -0.485 e. The first-order valence-electron chi connectivity index (χ1n) is 7.15. The van der Waals surface area contributed by atoms with Gasteiger partial charge < -0.3 is 14.6 Å². The van der Waals surface area contributed by atoms with Gasteiger partial charge in [0.2, 0.25) is 0 Å². The number of rotatable bonds is 7. The molecule has 1 N–H and O–H groups in total. The topological polar surface area (TPSA) is 39.1 Å². The lowest BCUT2D eigenvalue weighted by Gasteiger charge is -2.13. The summed E-state index contributed by atoms with van der Waals surface area (Å²) in [4.78, 5) is 4.24. The smallest absolute Gasteiger partial charge is 0.147 e. The van der Waals surface area contributed by atoms with E-state index in [1.807, 2.05) is 29.8 Å². The molecule has 0 atom stereocenters. The summed E-state index contributed by atoms with van der Waals surface area (Å²) >= 11 is 5.98. The lowest BCUT2D eigenvalue weighted by atomic mass is 10.2. The van der Waals surface area contributed by atoms with Crippen LogP contribution in [0.2, 0.25) is 5.15 Å². The fraction of sp³-hybridized carbons (Fsp3) is 0.438. The number of para-hydroxylation sites is 1. The van der Waals surface area contributed by atoms with Gasteiger partial charge in [-0.1, -0.05) is 43.6 Å². The Labute approximate surface area is 131 Å². The van der Waals surface area contributed by atoms with Crippen molar-refractivity contribution in [2.24, 2.45) is 13.0 Å². The Hall–Kier alpha value is -1.52. The minimum atomic E-state index is 0.407. The second-order valence-electron chi connectivity index (χ2n) is 5.48. The van der Waals surface area contributed by atoms with Gasteiger partial charge in [0.15, 0.2) is 0 Å². The minimum absolute atomic E-state index is 0.407. The lowest BCUT2D eigenvalue weighted by Crippen LogP contribution is -2.19. The molecule has 0 amide bonds. The standard InChI is InChI=1S/C16H22ClN3O/c1-12(2)8-18-9-13-6-4-5-7-14(13)21-11-16-19-10-15(17)20(16)3/h4-7,10,12,18H,8-9,11H2,1-3H3. The van der Waals surface area contributed by atoms with Crippen LogP contribution in [-0.2, 0) is 20.2 Å².